The molecule has 5 heteroatoms. The molecule has 1 aromatic carbocycles. The molecule has 16 heavy (non-hydrogen) atoms. The minimum atomic E-state index is -1.02. The number of rotatable bonds is 1. The predicted molar refractivity (Wildman–Crippen MR) is 60.3 cm³/mol. The van der Waals surface area contributed by atoms with Crippen LogP contribution in [0.4, 0.5) is 0 Å². The number of furan rings is 1. The molecular formula is C11H6BrNO3. The first kappa shape index (κ1) is 10.7. The lowest BCUT2D eigenvalue weighted by atomic mass is 10.1. The lowest BCUT2D eigenvalue weighted by Crippen LogP contribution is -1.99. The van der Waals surface area contributed by atoms with Crippen molar-refractivity contribution in [3.63, 3.8) is 0 Å². The Balaban J connectivity index is 2.86. The summed E-state index contributed by atoms with van der Waals surface area (Å²) in [6.07, 6.45) is 0. The average molecular weight is 280 g/mol. The van der Waals surface area contributed by atoms with Crippen LogP contribution in [0.2, 0.25) is 0 Å². The average Bonchev–Trinajstić information content (AvgIpc) is 2.66. The van der Waals surface area contributed by atoms with Gasteiger partial charge in [-0.1, -0.05) is 0 Å². The first-order chi connectivity index (χ1) is 7.54. The molecule has 80 valence electrons. The van der Waals surface area contributed by atoms with Crippen molar-refractivity contribution in [1.29, 1.82) is 5.26 Å². The highest BCUT2D eigenvalue weighted by molar-refractivity contribution is 9.10. The molecular weight excluding hydrogens is 274 g/mol. The van der Waals surface area contributed by atoms with E-state index in [1.165, 1.54) is 6.07 Å². The number of carbonyl (C=O) groups is 1. The minimum Gasteiger partial charge on any atom is -0.478 e. The van der Waals surface area contributed by atoms with Crippen LogP contribution >= 0.6 is 15.9 Å². The van der Waals surface area contributed by atoms with Crippen molar-refractivity contribution in [3.05, 3.63) is 33.5 Å². The number of carboxylic acids is 1. The van der Waals surface area contributed by atoms with Gasteiger partial charge in [0, 0.05) is 15.9 Å². The van der Waals surface area contributed by atoms with Crippen molar-refractivity contribution in [1.82, 2.24) is 0 Å². The number of carboxylic acid groups (broad SMARTS) is 1. The van der Waals surface area contributed by atoms with Gasteiger partial charge in [0.1, 0.15) is 11.7 Å². The lowest BCUT2D eigenvalue weighted by molar-refractivity contribution is 0.0696. The zero-order valence-corrected chi connectivity index (χ0v) is 9.83. The number of benzene rings is 1. The number of fused-ring (bicyclic) bond motifs is 1. The number of halogens is 1. The van der Waals surface area contributed by atoms with Gasteiger partial charge in [0.25, 0.3) is 0 Å². The maximum absolute atomic E-state index is 11.0. The van der Waals surface area contributed by atoms with Gasteiger partial charge in [0.2, 0.25) is 5.76 Å². The van der Waals surface area contributed by atoms with Crippen LogP contribution in [-0.2, 0) is 0 Å². The number of nitrogens with zero attached hydrogens (tertiary/aromatic N) is 1. The quantitative estimate of drug-likeness (QED) is 0.871. The highest BCUT2D eigenvalue weighted by atomic mass is 79.9. The molecule has 0 saturated carbocycles. The van der Waals surface area contributed by atoms with Crippen LogP contribution in [0.1, 0.15) is 21.7 Å². The Hall–Kier alpha value is -1.80. The maximum atomic E-state index is 11.0. The van der Waals surface area contributed by atoms with Gasteiger partial charge in [-0.3, -0.25) is 0 Å². The van der Waals surface area contributed by atoms with E-state index < -0.39 is 5.97 Å². The molecule has 1 heterocycles. The molecule has 2 rings (SSSR count). The summed E-state index contributed by atoms with van der Waals surface area (Å²) in [4.78, 5) is 11.0. The normalized spacial score (nSPS) is 10.3. The zero-order valence-electron chi connectivity index (χ0n) is 8.24. The second kappa shape index (κ2) is 3.65. The molecule has 0 unspecified atom stereocenters. The number of aromatic carboxylic acids is 1. The van der Waals surface area contributed by atoms with Crippen LogP contribution in [0.5, 0.6) is 0 Å². The fourth-order valence-corrected chi connectivity index (χ4v) is 2.04. The van der Waals surface area contributed by atoms with Crippen LogP contribution in [0, 0.1) is 18.3 Å². The molecule has 2 aromatic rings. The Morgan fingerprint density at radius 1 is 1.56 bits per heavy atom. The summed E-state index contributed by atoms with van der Waals surface area (Å²) in [5.74, 6) is -0.854. The van der Waals surface area contributed by atoms with Crippen LogP contribution in [0.15, 0.2) is 21.0 Å². The third kappa shape index (κ3) is 1.48. The monoisotopic (exact) mass is 279 g/mol. The molecule has 0 bridgehead atoms. The Morgan fingerprint density at radius 2 is 2.25 bits per heavy atom. The predicted octanol–water partition coefficient (Wildman–Crippen LogP) is 3.07. The molecule has 0 aliphatic carbocycles. The number of hydrogen-bond acceptors (Lipinski definition) is 3. The molecule has 0 aliphatic rings. The second-order valence-electron chi connectivity index (χ2n) is 3.30. The fraction of sp³-hybridized carbons (Fsp3) is 0.0909. The molecule has 0 aliphatic heterocycles. The molecule has 0 atom stereocenters. The topological polar surface area (TPSA) is 74.2 Å². The Bertz CT molecular complexity index is 637. The van der Waals surface area contributed by atoms with Gasteiger partial charge in [0.05, 0.1) is 5.56 Å². The summed E-state index contributed by atoms with van der Waals surface area (Å²) in [5.41, 5.74) is 1.18. The van der Waals surface area contributed by atoms with Crippen LogP contribution in [0.25, 0.3) is 11.0 Å². The first-order valence-electron chi connectivity index (χ1n) is 4.40. The molecule has 0 saturated heterocycles. The van der Waals surface area contributed by atoms with Crippen LogP contribution in [-0.4, -0.2) is 11.1 Å². The van der Waals surface area contributed by atoms with Gasteiger partial charge < -0.3 is 9.52 Å². The van der Waals surface area contributed by atoms with Gasteiger partial charge in [-0.15, -0.1) is 0 Å². The van der Waals surface area contributed by atoms with Gasteiger partial charge >= 0.3 is 5.97 Å². The van der Waals surface area contributed by atoms with Crippen molar-refractivity contribution >= 4 is 32.9 Å². The third-order valence-electron chi connectivity index (χ3n) is 2.35. The van der Waals surface area contributed by atoms with Gasteiger partial charge in [-0.2, -0.15) is 5.26 Å². The van der Waals surface area contributed by atoms with E-state index in [0.29, 0.717) is 21.0 Å². The molecule has 0 radical (unpaired) electrons. The van der Waals surface area contributed by atoms with E-state index in [2.05, 4.69) is 15.9 Å². The van der Waals surface area contributed by atoms with E-state index in [0.717, 1.165) is 0 Å². The third-order valence-corrected chi connectivity index (χ3v) is 3.37. The summed E-state index contributed by atoms with van der Waals surface area (Å²) in [7, 11) is 0. The minimum absolute atomic E-state index is 0.164. The molecule has 1 aromatic heterocycles. The first-order valence-corrected chi connectivity index (χ1v) is 5.20. The number of hydrogen-bond donors (Lipinski definition) is 1. The van der Waals surface area contributed by atoms with E-state index in [1.807, 2.05) is 6.07 Å². The Kier molecular flexibility index (Phi) is 2.44. The summed E-state index contributed by atoms with van der Waals surface area (Å²) >= 11 is 3.31. The SMILES string of the molecule is Cc1c(C(=O)O)cc2oc(C#N)cc2c1Br. The van der Waals surface area contributed by atoms with E-state index in [-0.39, 0.29) is 11.3 Å². The summed E-state index contributed by atoms with van der Waals surface area (Å²) in [6, 6.07) is 4.89. The van der Waals surface area contributed by atoms with Gasteiger partial charge in [0.15, 0.2) is 0 Å². The van der Waals surface area contributed by atoms with E-state index in [4.69, 9.17) is 14.8 Å². The maximum Gasteiger partial charge on any atom is 0.336 e. The van der Waals surface area contributed by atoms with Crippen molar-refractivity contribution < 1.29 is 14.3 Å². The molecule has 1 N–H and O–H groups in total. The summed E-state index contributed by atoms with van der Waals surface area (Å²) < 4.78 is 5.84. The lowest BCUT2D eigenvalue weighted by Gasteiger charge is -2.03. The van der Waals surface area contributed by atoms with E-state index in [1.54, 1.807) is 13.0 Å². The van der Waals surface area contributed by atoms with E-state index >= 15 is 0 Å². The summed E-state index contributed by atoms with van der Waals surface area (Å²) in [5, 5.41) is 18.4. The van der Waals surface area contributed by atoms with E-state index in [9.17, 15) is 4.79 Å². The largest absolute Gasteiger partial charge is 0.478 e. The summed E-state index contributed by atoms with van der Waals surface area (Å²) in [6.45, 7) is 1.70. The zero-order chi connectivity index (χ0) is 11.9. The molecule has 4 nitrogen and oxygen atoms in total. The standard InChI is InChI=1S/C11H6BrNO3/c1-5-7(11(14)15)3-9-8(10(5)12)2-6(4-13)16-9/h2-3H,1H3,(H,14,15). The van der Waals surface area contributed by atoms with Crippen molar-refractivity contribution in [2.45, 2.75) is 6.92 Å². The number of nitriles is 1. The van der Waals surface area contributed by atoms with Crippen molar-refractivity contribution in [2.24, 2.45) is 0 Å². The van der Waals surface area contributed by atoms with Crippen LogP contribution in [0.3, 0.4) is 0 Å². The smallest absolute Gasteiger partial charge is 0.336 e. The Labute approximate surface area is 99.2 Å². The van der Waals surface area contributed by atoms with Crippen molar-refractivity contribution in [2.75, 3.05) is 0 Å². The molecule has 0 amide bonds. The van der Waals surface area contributed by atoms with Gasteiger partial charge in [-0.05, 0) is 34.5 Å². The van der Waals surface area contributed by atoms with Gasteiger partial charge in [-0.25, -0.2) is 4.79 Å². The van der Waals surface area contributed by atoms with Crippen LogP contribution < -0.4 is 0 Å². The highest BCUT2D eigenvalue weighted by Crippen LogP contribution is 2.32. The van der Waals surface area contributed by atoms with Crippen molar-refractivity contribution in [3.8, 4) is 6.07 Å². The molecule has 0 spiro atoms. The highest BCUT2D eigenvalue weighted by Gasteiger charge is 2.16. The fourth-order valence-electron chi connectivity index (χ4n) is 1.52. The Morgan fingerprint density at radius 3 is 2.81 bits per heavy atom. The second-order valence-corrected chi connectivity index (χ2v) is 4.10. The molecule has 0 fully saturated rings.